The highest BCUT2D eigenvalue weighted by Gasteiger charge is 2.16. The molecule has 0 radical (unpaired) electrons. The molecule has 0 spiro atoms. The highest BCUT2D eigenvalue weighted by Crippen LogP contribution is 2.25. The average molecular weight is 390 g/mol. The minimum atomic E-state index is -0.301. The average Bonchev–Trinajstić information content (AvgIpc) is 2.78. The van der Waals surface area contributed by atoms with E-state index in [9.17, 15) is 4.79 Å². The van der Waals surface area contributed by atoms with Crippen molar-refractivity contribution in [2.24, 2.45) is 0 Å². The molecule has 0 fully saturated rings. The van der Waals surface area contributed by atoms with E-state index in [2.05, 4.69) is 10.3 Å². The van der Waals surface area contributed by atoms with Crippen molar-refractivity contribution < 1.29 is 14.3 Å². The summed E-state index contributed by atoms with van der Waals surface area (Å²) < 4.78 is 11.6. The molecule has 0 saturated carbocycles. The Morgan fingerprint density at radius 3 is 2.24 bits per heavy atom. The SMILES string of the molecule is CCCOc1ncccc1CNC(=O)COC(c1ccccc1)c1ccccc1. The summed E-state index contributed by atoms with van der Waals surface area (Å²) in [6.07, 6.45) is 2.28. The standard InChI is InChI=1S/C24H26N2O3/c1-2-16-28-24-21(14-9-15-25-24)17-26-22(27)18-29-23(19-10-5-3-6-11-19)20-12-7-4-8-13-20/h3-15,23H,2,16-18H2,1H3,(H,26,27). The molecular formula is C24H26N2O3. The van der Waals surface area contributed by atoms with Crippen LogP contribution < -0.4 is 10.1 Å². The van der Waals surface area contributed by atoms with Gasteiger partial charge in [0.05, 0.1) is 6.61 Å². The van der Waals surface area contributed by atoms with Gasteiger partial charge in [0.1, 0.15) is 12.7 Å². The van der Waals surface area contributed by atoms with Crippen LogP contribution in [0.3, 0.4) is 0 Å². The summed E-state index contributed by atoms with van der Waals surface area (Å²) in [6.45, 7) is 2.94. The minimum Gasteiger partial charge on any atom is -0.477 e. The van der Waals surface area contributed by atoms with E-state index in [4.69, 9.17) is 9.47 Å². The van der Waals surface area contributed by atoms with E-state index in [0.29, 0.717) is 19.0 Å². The van der Waals surface area contributed by atoms with Crippen LogP contribution in [-0.4, -0.2) is 24.1 Å². The zero-order valence-corrected chi connectivity index (χ0v) is 16.6. The second-order valence-electron chi connectivity index (χ2n) is 6.61. The summed E-state index contributed by atoms with van der Waals surface area (Å²) in [5, 5.41) is 2.89. The molecule has 1 amide bonds. The van der Waals surface area contributed by atoms with E-state index >= 15 is 0 Å². The van der Waals surface area contributed by atoms with Crippen LogP contribution in [0.25, 0.3) is 0 Å². The number of aromatic nitrogens is 1. The van der Waals surface area contributed by atoms with Gasteiger partial charge in [-0.05, 0) is 23.6 Å². The second kappa shape index (κ2) is 11.0. The van der Waals surface area contributed by atoms with Crippen molar-refractivity contribution in [1.82, 2.24) is 10.3 Å². The first-order chi connectivity index (χ1) is 14.3. The first-order valence-corrected chi connectivity index (χ1v) is 9.82. The molecule has 1 heterocycles. The van der Waals surface area contributed by atoms with Crippen molar-refractivity contribution in [3.8, 4) is 5.88 Å². The number of amides is 1. The van der Waals surface area contributed by atoms with Gasteiger partial charge < -0.3 is 14.8 Å². The molecule has 2 aromatic carbocycles. The molecule has 0 unspecified atom stereocenters. The summed E-state index contributed by atoms with van der Waals surface area (Å²) in [7, 11) is 0. The Morgan fingerprint density at radius 1 is 0.966 bits per heavy atom. The van der Waals surface area contributed by atoms with Crippen LogP contribution in [-0.2, 0) is 16.1 Å². The van der Waals surface area contributed by atoms with E-state index < -0.39 is 0 Å². The number of pyridine rings is 1. The predicted molar refractivity (Wildman–Crippen MR) is 113 cm³/mol. The Hall–Kier alpha value is -3.18. The smallest absolute Gasteiger partial charge is 0.246 e. The molecule has 0 saturated heterocycles. The molecule has 5 heteroatoms. The molecule has 29 heavy (non-hydrogen) atoms. The Balaban J connectivity index is 1.60. The number of hydrogen-bond donors (Lipinski definition) is 1. The van der Waals surface area contributed by atoms with E-state index in [1.54, 1.807) is 6.20 Å². The molecule has 0 aliphatic rings. The minimum absolute atomic E-state index is 0.0418. The van der Waals surface area contributed by atoms with Gasteiger partial charge in [0.2, 0.25) is 11.8 Å². The maximum Gasteiger partial charge on any atom is 0.246 e. The van der Waals surface area contributed by atoms with Gasteiger partial charge in [0.15, 0.2) is 0 Å². The summed E-state index contributed by atoms with van der Waals surface area (Å²) in [5.74, 6) is 0.370. The van der Waals surface area contributed by atoms with Crippen LogP contribution in [0.1, 0.15) is 36.1 Å². The quantitative estimate of drug-likeness (QED) is 0.561. The molecule has 1 N–H and O–H groups in total. The lowest BCUT2D eigenvalue weighted by Gasteiger charge is -2.19. The summed E-state index contributed by atoms with van der Waals surface area (Å²) in [4.78, 5) is 16.7. The number of carbonyl (C=O) groups is 1. The first-order valence-electron chi connectivity index (χ1n) is 9.82. The van der Waals surface area contributed by atoms with Gasteiger partial charge in [-0.1, -0.05) is 73.7 Å². The fourth-order valence-corrected chi connectivity index (χ4v) is 2.93. The largest absolute Gasteiger partial charge is 0.477 e. The third-order valence-electron chi connectivity index (χ3n) is 4.35. The maximum atomic E-state index is 12.4. The topological polar surface area (TPSA) is 60.5 Å². The van der Waals surface area contributed by atoms with Gasteiger partial charge in [0.25, 0.3) is 0 Å². The number of carbonyl (C=O) groups excluding carboxylic acids is 1. The summed E-state index contributed by atoms with van der Waals surface area (Å²) >= 11 is 0. The molecular weight excluding hydrogens is 364 g/mol. The zero-order valence-electron chi connectivity index (χ0n) is 16.6. The summed E-state index contributed by atoms with van der Waals surface area (Å²) in [6, 6.07) is 23.5. The van der Waals surface area contributed by atoms with Crippen LogP contribution in [0, 0.1) is 0 Å². The third-order valence-corrected chi connectivity index (χ3v) is 4.35. The van der Waals surface area contributed by atoms with Crippen molar-refractivity contribution in [3.63, 3.8) is 0 Å². The molecule has 0 aliphatic carbocycles. The van der Waals surface area contributed by atoms with Crippen LogP contribution in [0.5, 0.6) is 5.88 Å². The van der Waals surface area contributed by atoms with Crippen LogP contribution in [0.4, 0.5) is 0 Å². The van der Waals surface area contributed by atoms with Crippen molar-refractivity contribution in [2.75, 3.05) is 13.2 Å². The fourth-order valence-electron chi connectivity index (χ4n) is 2.93. The lowest BCUT2D eigenvalue weighted by Crippen LogP contribution is -2.28. The molecule has 0 atom stereocenters. The fraction of sp³-hybridized carbons (Fsp3) is 0.250. The third kappa shape index (κ3) is 6.16. The van der Waals surface area contributed by atoms with E-state index in [0.717, 1.165) is 23.1 Å². The van der Waals surface area contributed by atoms with Gasteiger partial charge in [-0.3, -0.25) is 4.79 Å². The molecule has 1 aromatic heterocycles. The summed E-state index contributed by atoms with van der Waals surface area (Å²) in [5.41, 5.74) is 2.86. The van der Waals surface area contributed by atoms with Crippen molar-refractivity contribution in [3.05, 3.63) is 95.7 Å². The molecule has 150 valence electrons. The van der Waals surface area contributed by atoms with E-state index in [1.807, 2.05) is 79.7 Å². The monoisotopic (exact) mass is 390 g/mol. The number of rotatable bonds is 10. The number of nitrogens with one attached hydrogen (secondary N) is 1. The molecule has 3 rings (SSSR count). The molecule has 0 aliphatic heterocycles. The normalized spacial score (nSPS) is 10.7. The lowest BCUT2D eigenvalue weighted by molar-refractivity contribution is -0.127. The molecule has 5 nitrogen and oxygen atoms in total. The second-order valence-corrected chi connectivity index (χ2v) is 6.61. The Kier molecular flexibility index (Phi) is 7.78. The Morgan fingerprint density at radius 2 is 1.62 bits per heavy atom. The van der Waals surface area contributed by atoms with Gasteiger partial charge in [0, 0.05) is 18.3 Å². The Bertz CT molecular complexity index is 845. The van der Waals surface area contributed by atoms with Crippen molar-refractivity contribution in [2.45, 2.75) is 26.0 Å². The number of hydrogen-bond acceptors (Lipinski definition) is 4. The number of nitrogens with zero attached hydrogens (tertiary/aromatic N) is 1. The maximum absolute atomic E-state index is 12.4. The Labute approximate surface area is 171 Å². The van der Waals surface area contributed by atoms with Gasteiger partial charge in [-0.15, -0.1) is 0 Å². The highest BCUT2D eigenvalue weighted by atomic mass is 16.5. The van der Waals surface area contributed by atoms with E-state index in [-0.39, 0.29) is 18.6 Å². The van der Waals surface area contributed by atoms with Crippen molar-refractivity contribution in [1.29, 1.82) is 0 Å². The van der Waals surface area contributed by atoms with Crippen LogP contribution in [0.2, 0.25) is 0 Å². The zero-order chi connectivity index (χ0) is 20.3. The number of ether oxygens (including phenoxy) is 2. The van der Waals surface area contributed by atoms with Crippen LogP contribution in [0.15, 0.2) is 79.0 Å². The first kappa shape index (κ1) is 20.6. The van der Waals surface area contributed by atoms with Crippen molar-refractivity contribution >= 4 is 5.91 Å². The number of benzene rings is 2. The van der Waals surface area contributed by atoms with Crippen LogP contribution >= 0.6 is 0 Å². The highest BCUT2D eigenvalue weighted by molar-refractivity contribution is 5.77. The predicted octanol–water partition coefficient (Wildman–Crippen LogP) is 4.29. The van der Waals surface area contributed by atoms with E-state index in [1.165, 1.54) is 0 Å². The van der Waals surface area contributed by atoms with Gasteiger partial charge in [-0.25, -0.2) is 4.98 Å². The van der Waals surface area contributed by atoms with Gasteiger partial charge in [-0.2, -0.15) is 0 Å². The van der Waals surface area contributed by atoms with Gasteiger partial charge >= 0.3 is 0 Å². The molecule has 0 bridgehead atoms. The lowest BCUT2D eigenvalue weighted by atomic mass is 10.0. The molecule has 3 aromatic rings.